The Kier molecular flexibility index (Phi) is 4.35. The van der Waals surface area contributed by atoms with Crippen LogP contribution in [0.5, 0.6) is 0 Å². The van der Waals surface area contributed by atoms with Gasteiger partial charge in [0.15, 0.2) is 0 Å². The van der Waals surface area contributed by atoms with E-state index in [9.17, 15) is 14.9 Å². The van der Waals surface area contributed by atoms with E-state index in [4.69, 9.17) is 5.26 Å². The molecule has 1 amide bonds. The molecule has 0 atom stereocenters. The fourth-order valence-electron chi connectivity index (χ4n) is 1.98. The zero-order valence-corrected chi connectivity index (χ0v) is 12.2. The first kappa shape index (κ1) is 14.5. The molecule has 6 nitrogen and oxygen atoms in total. The van der Waals surface area contributed by atoms with Gasteiger partial charge in [0.1, 0.15) is 0 Å². The molecule has 0 aliphatic heterocycles. The molecule has 1 saturated carbocycles. The Morgan fingerprint density at radius 2 is 2.20 bits per heavy atom. The van der Waals surface area contributed by atoms with E-state index in [1.165, 1.54) is 12.1 Å². The largest absolute Gasteiger partial charge is 0.335 e. The summed E-state index contributed by atoms with van der Waals surface area (Å²) in [5.41, 5.74) is 0.148. The second-order valence-corrected chi connectivity index (χ2v) is 5.51. The van der Waals surface area contributed by atoms with Gasteiger partial charge in [0.25, 0.3) is 11.6 Å². The average molecular weight is 338 g/mol. The summed E-state index contributed by atoms with van der Waals surface area (Å²) in [4.78, 5) is 24.4. The smallest absolute Gasteiger partial charge is 0.271 e. The van der Waals surface area contributed by atoms with Crippen molar-refractivity contribution in [2.75, 3.05) is 6.54 Å². The molecule has 20 heavy (non-hydrogen) atoms. The predicted molar refractivity (Wildman–Crippen MR) is 75.1 cm³/mol. The van der Waals surface area contributed by atoms with Crippen molar-refractivity contribution in [3.05, 3.63) is 38.3 Å². The average Bonchev–Trinajstić information content (AvgIpc) is 3.22. The third-order valence-electron chi connectivity index (χ3n) is 3.05. The normalized spacial score (nSPS) is 13.6. The van der Waals surface area contributed by atoms with Crippen LogP contribution < -0.4 is 0 Å². The van der Waals surface area contributed by atoms with Gasteiger partial charge in [-0.25, -0.2) is 0 Å². The number of amides is 1. The molecule has 0 spiro atoms. The molecular formula is C13H12BrN3O3. The summed E-state index contributed by atoms with van der Waals surface area (Å²) >= 11 is 3.18. The SMILES string of the molecule is N#CCCN(C(=O)c1cc(Br)cc([N+](=O)[O-])c1)C1CC1. The van der Waals surface area contributed by atoms with Gasteiger partial charge in [-0.3, -0.25) is 14.9 Å². The molecule has 0 N–H and O–H groups in total. The van der Waals surface area contributed by atoms with Crippen LogP contribution in [0.25, 0.3) is 0 Å². The summed E-state index contributed by atoms with van der Waals surface area (Å²) in [6.45, 7) is 0.361. The molecule has 0 saturated heterocycles. The van der Waals surface area contributed by atoms with Gasteiger partial charge in [-0.2, -0.15) is 5.26 Å². The lowest BCUT2D eigenvalue weighted by Crippen LogP contribution is -2.33. The highest BCUT2D eigenvalue weighted by atomic mass is 79.9. The summed E-state index contributed by atoms with van der Waals surface area (Å²) in [5, 5.41) is 19.5. The van der Waals surface area contributed by atoms with Crippen LogP contribution in [0.3, 0.4) is 0 Å². The molecule has 0 aromatic heterocycles. The van der Waals surface area contributed by atoms with Crippen molar-refractivity contribution in [3.8, 4) is 6.07 Å². The third kappa shape index (κ3) is 3.33. The predicted octanol–water partition coefficient (Wildman–Crippen LogP) is 2.88. The van der Waals surface area contributed by atoms with Crippen LogP contribution in [0.4, 0.5) is 5.69 Å². The highest BCUT2D eigenvalue weighted by Gasteiger charge is 2.33. The van der Waals surface area contributed by atoms with Gasteiger partial charge in [-0.15, -0.1) is 0 Å². The fourth-order valence-corrected chi connectivity index (χ4v) is 2.46. The van der Waals surface area contributed by atoms with Crippen LogP contribution in [0, 0.1) is 21.4 Å². The molecule has 0 radical (unpaired) electrons. The van der Waals surface area contributed by atoms with Crippen LogP contribution in [-0.4, -0.2) is 28.3 Å². The minimum absolute atomic E-state index is 0.126. The summed E-state index contributed by atoms with van der Waals surface area (Å²) in [6, 6.07) is 6.37. The molecule has 104 valence electrons. The summed E-state index contributed by atoms with van der Waals surface area (Å²) < 4.78 is 0.492. The van der Waals surface area contributed by atoms with Crippen LogP contribution in [0.15, 0.2) is 22.7 Å². The Bertz CT molecular complexity index is 593. The van der Waals surface area contributed by atoms with Crippen LogP contribution in [-0.2, 0) is 0 Å². The minimum Gasteiger partial charge on any atom is -0.335 e. The monoisotopic (exact) mass is 337 g/mol. The molecule has 2 rings (SSSR count). The van der Waals surface area contributed by atoms with E-state index in [2.05, 4.69) is 15.9 Å². The topological polar surface area (TPSA) is 87.2 Å². The third-order valence-corrected chi connectivity index (χ3v) is 3.51. The molecule has 1 aromatic carbocycles. The number of hydrogen-bond donors (Lipinski definition) is 0. The fraction of sp³-hybridized carbons (Fsp3) is 0.385. The Morgan fingerprint density at radius 1 is 1.50 bits per heavy atom. The van der Waals surface area contributed by atoms with Crippen molar-refractivity contribution in [3.63, 3.8) is 0 Å². The highest BCUT2D eigenvalue weighted by Crippen LogP contribution is 2.30. The highest BCUT2D eigenvalue weighted by molar-refractivity contribution is 9.10. The first-order valence-electron chi connectivity index (χ1n) is 6.16. The number of rotatable bonds is 5. The van der Waals surface area contributed by atoms with Gasteiger partial charge < -0.3 is 4.90 Å². The zero-order valence-electron chi connectivity index (χ0n) is 10.6. The summed E-state index contributed by atoms with van der Waals surface area (Å²) in [7, 11) is 0. The molecular weight excluding hydrogens is 326 g/mol. The van der Waals surface area contributed by atoms with Crippen molar-refractivity contribution >= 4 is 27.5 Å². The first-order chi connectivity index (χ1) is 9.52. The summed E-state index contributed by atoms with van der Waals surface area (Å²) in [6.07, 6.45) is 2.11. The lowest BCUT2D eigenvalue weighted by molar-refractivity contribution is -0.385. The number of non-ortho nitro benzene ring substituents is 1. The second kappa shape index (κ2) is 6.01. The van der Waals surface area contributed by atoms with Gasteiger partial charge in [-0.1, -0.05) is 15.9 Å². The van der Waals surface area contributed by atoms with Crippen LogP contribution in [0.2, 0.25) is 0 Å². The molecule has 1 aliphatic carbocycles. The number of carbonyl (C=O) groups excluding carboxylic acids is 1. The lowest BCUT2D eigenvalue weighted by Gasteiger charge is -2.21. The zero-order chi connectivity index (χ0) is 14.7. The van der Waals surface area contributed by atoms with Gasteiger partial charge in [0, 0.05) is 34.8 Å². The maximum atomic E-state index is 12.4. The van der Waals surface area contributed by atoms with Crippen molar-refractivity contribution in [1.82, 2.24) is 4.90 Å². The minimum atomic E-state index is -0.529. The number of nitro groups is 1. The van der Waals surface area contributed by atoms with Crippen molar-refractivity contribution in [1.29, 1.82) is 5.26 Å². The van der Waals surface area contributed by atoms with E-state index in [0.717, 1.165) is 12.8 Å². The Balaban J connectivity index is 2.26. The number of nitro benzene ring substituents is 1. The van der Waals surface area contributed by atoms with Gasteiger partial charge >= 0.3 is 0 Å². The molecule has 1 aliphatic rings. The van der Waals surface area contributed by atoms with E-state index in [1.54, 1.807) is 11.0 Å². The van der Waals surface area contributed by atoms with Gasteiger partial charge in [0.2, 0.25) is 0 Å². The maximum absolute atomic E-state index is 12.4. The first-order valence-corrected chi connectivity index (χ1v) is 6.95. The van der Waals surface area contributed by atoms with E-state index >= 15 is 0 Å². The molecule has 1 aromatic rings. The van der Waals surface area contributed by atoms with Crippen LogP contribution in [0.1, 0.15) is 29.6 Å². The molecule has 7 heteroatoms. The quantitative estimate of drug-likeness (QED) is 0.610. The molecule has 0 heterocycles. The Hall–Kier alpha value is -1.94. The second-order valence-electron chi connectivity index (χ2n) is 4.59. The van der Waals surface area contributed by atoms with E-state index in [1.807, 2.05) is 6.07 Å². The van der Waals surface area contributed by atoms with Crippen LogP contribution >= 0.6 is 15.9 Å². The maximum Gasteiger partial charge on any atom is 0.271 e. The van der Waals surface area contributed by atoms with Crippen molar-refractivity contribution in [2.45, 2.75) is 25.3 Å². The molecule has 0 unspecified atom stereocenters. The molecule has 1 fully saturated rings. The van der Waals surface area contributed by atoms with E-state index in [0.29, 0.717) is 11.0 Å². The lowest BCUT2D eigenvalue weighted by atomic mass is 10.1. The number of carbonyl (C=O) groups is 1. The number of nitriles is 1. The Morgan fingerprint density at radius 3 is 2.75 bits per heavy atom. The van der Waals surface area contributed by atoms with Gasteiger partial charge in [0.05, 0.1) is 17.4 Å². The Labute approximate surface area is 124 Å². The molecule has 0 bridgehead atoms. The number of benzene rings is 1. The van der Waals surface area contributed by atoms with Gasteiger partial charge in [-0.05, 0) is 18.9 Å². The van der Waals surface area contributed by atoms with Crippen molar-refractivity contribution < 1.29 is 9.72 Å². The summed E-state index contributed by atoms with van der Waals surface area (Å²) in [5.74, 6) is -0.257. The number of halogens is 1. The van der Waals surface area contributed by atoms with E-state index < -0.39 is 4.92 Å². The van der Waals surface area contributed by atoms with Crippen molar-refractivity contribution in [2.24, 2.45) is 0 Å². The number of nitrogens with zero attached hydrogens (tertiary/aromatic N) is 3. The van der Waals surface area contributed by atoms with E-state index in [-0.39, 0.29) is 29.6 Å². The number of hydrogen-bond acceptors (Lipinski definition) is 4. The standard InChI is InChI=1S/C13H12BrN3O3/c14-10-6-9(7-12(8-10)17(19)20)13(18)16(5-1-4-15)11-2-3-11/h6-8,11H,1-3,5H2.